The molecule has 3 aromatic rings. The van der Waals surface area contributed by atoms with Gasteiger partial charge in [-0.25, -0.2) is 14.4 Å². The fraction of sp³-hybridized carbons (Fsp3) is 0.350. The first-order valence-electron chi connectivity index (χ1n) is 16.4. The van der Waals surface area contributed by atoms with Gasteiger partial charge in [-0.05, 0) is 133 Å². The van der Waals surface area contributed by atoms with Gasteiger partial charge >= 0.3 is 23.9 Å². The third kappa shape index (κ3) is 6.41. The molecule has 0 spiro atoms. The Hall–Kier alpha value is -5.32. The number of aromatic carboxylic acids is 1. The Morgan fingerprint density at radius 3 is 1.63 bits per heavy atom. The molecule has 0 aliphatic heterocycles. The molecule has 266 valence electrons. The topological polar surface area (TPSA) is 157 Å². The number of rotatable bonds is 7. The lowest BCUT2D eigenvalue weighted by molar-refractivity contribution is -0.141. The number of aromatic hydroxyl groups is 2. The summed E-state index contributed by atoms with van der Waals surface area (Å²) in [6.07, 6.45) is 3.96. The molecule has 3 aromatic carbocycles. The van der Waals surface area contributed by atoms with Gasteiger partial charge in [-0.1, -0.05) is 30.2 Å². The third-order valence-corrected chi connectivity index (χ3v) is 10.5. The SMILES string of the molecule is [B]c1c(O)c(C(=O)Oc2cc(C)c(C(=O)Oc3c(C)c(C)c(C(=O)O)c(C)c3C)c(O)c2C)c(C)c(C)c1OC(=O)C1(C)C(C)=CC(C)C=C1C. The van der Waals surface area contributed by atoms with Gasteiger partial charge in [-0.2, -0.15) is 0 Å². The summed E-state index contributed by atoms with van der Waals surface area (Å²) in [6.45, 7) is 20.1. The van der Waals surface area contributed by atoms with Crippen LogP contribution < -0.4 is 19.7 Å². The highest BCUT2D eigenvalue weighted by Gasteiger charge is 2.41. The van der Waals surface area contributed by atoms with Crippen LogP contribution in [0.3, 0.4) is 0 Å². The van der Waals surface area contributed by atoms with Gasteiger partial charge in [-0.15, -0.1) is 0 Å². The highest BCUT2D eigenvalue weighted by Crippen LogP contribution is 2.42. The van der Waals surface area contributed by atoms with Crippen molar-refractivity contribution in [2.24, 2.45) is 11.3 Å². The Morgan fingerprint density at radius 1 is 0.647 bits per heavy atom. The number of hydrogen-bond donors (Lipinski definition) is 3. The minimum Gasteiger partial charge on any atom is -0.508 e. The van der Waals surface area contributed by atoms with E-state index in [0.717, 1.165) is 11.1 Å². The molecular weight excluding hydrogens is 651 g/mol. The second kappa shape index (κ2) is 13.8. The van der Waals surface area contributed by atoms with E-state index < -0.39 is 40.8 Å². The lowest BCUT2D eigenvalue weighted by Gasteiger charge is -2.34. The summed E-state index contributed by atoms with van der Waals surface area (Å²) in [4.78, 5) is 52.4. The van der Waals surface area contributed by atoms with Gasteiger partial charge in [0.15, 0.2) is 0 Å². The maximum Gasteiger partial charge on any atom is 0.347 e. The zero-order valence-electron chi connectivity index (χ0n) is 31.1. The van der Waals surface area contributed by atoms with Crippen molar-refractivity contribution < 1.29 is 48.7 Å². The first-order chi connectivity index (χ1) is 23.6. The van der Waals surface area contributed by atoms with Crippen LogP contribution in [0.2, 0.25) is 0 Å². The van der Waals surface area contributed by atoms with Crippen molar-refractivity contribution in [1.82, 2.24) is 0 Å². The molecule has 0 aromatic heterocycles. The predicted octanol–water partition coefficient (Wildman–Crippen LogP) is 6.95. The second-order valence-corrected chi connectivity index (χ2v) is 13.6. The van der Waals surface area contributed by atoms with Crippen LogP contribution in [0.5, 0.6) is 28.7 Å². The molecule has 0 fully saturated rings. The van der Waals surface area contributed by atoms with Crippen molar-refractivity contribution in [3.05, 3.63) is 90.6 Å². The summed E-state index contributed by atoms with van der Waals surface area (Å²) in [7, 11) is 6.27. The number of allylic oxidation sites excluding steroid dienone is 2. The smallest absolute Gasteiger partial charge is 0.347 e. The number of phenolic OH excluding ortho intramolecular Hbond substituents is 2. The number of carboxylic acids is 1. The summed E-state index contributed by atoms with van der Waals surface area (Å²) in [5.74, 6) is -4.55. The third-order valence-electron chi connectivity index (χ3n) is 10.5. The van der Waals surface area contributed by atoms with E-state index in [2.05, 4.69) is 0 Å². The van der Waals surface area contributed by atoms with Crippen LogP contribution in [0, 0.1) is 66.7 Å². The van der Waals surface area contributed by atoms with Crippen LogP contribution in [0.1, 0.15) is 103 Å². The Kier molecular flexibility index (Phi) is 10.4. The molecule has 0 heterocycles. The molecule has 11 heteroatoms. The van der Waals surface area contributed by atoms with E-state index in [-0.39, 0.29) is 62.0 Å². The molecule has 0 unspecified atom stereocenters. The van der Waals surface area contributed by atoms with Gasteiger partial charge in [0.05, 0.1) is 5.56 Å². The van der Waals surface area contributed by atoms with Gasteiger partial charge < -0.3 is 29.5 Å². The minimum atomic E-state index is -1.09. The molecule has 1 aliphatic carbocycles. The number of carboxylic acid groups (broad SMARTS) is 1. The molecule has 4 rings (SSSR count). The zero-order valence-corrected chi connectivity index (χ0v) is 31.1. The number of hydrogen-bond acceptors (Lipinski definition) is 9. The lowest BCUT2D eigenvalue weighted by atomic mass is 9.71. The molecule has 1 aliphatic rings. The number of esters is 3. The van der Waals surface area contributed by atoms with Crippen molar-refractivity contribution in [2.45, 2.75) is 83.1 Å². The molecule has 3 N–H and O–H groups in total. The van der Waals surface area contributed by atoms with Crippen LogP contribution >= 0.6 is 0 Å². The molecule has 10 nitrogen and oxygen atoms in total. The molecule has 2 radical (unpaired) electrons. The molecular formula is C40H43BO10. The molecule has 0 saturated carbocycles. The molecule has 0 bridgehead atoms. The summed E-state index contributed by atoms with van der Waals surface area (Å²) in [5.41, 5.74) is 2.60. The van der Waals surface area contributed by atoms with Crippen molar-refractivity contribution in [3.63, 3.8) is 0 Å². The molecule has 0 saturated heterocycles. The Labute approximate surface area is 299 Å². The van der Waals surface area contributed by atoms with E-state index in [4.69, 9.17) is 22.1 Å². The maximum atomic E-state index is 13.6. The van der Waals surface area contributed by atoms with E-state index in [9.17, 15) is 34.5 Å². The second-order valence-electron chi connectivity index (χ2n) is 13.6. The van der Waals surface area contributed by atoms with Crippen molar-refractivity contribution in [3.8, 4) is 28.7 Å². The van der Waals surface area contributed by atoms with E-state index in [1.807, 2.05) is 32.9 Å². The lowest BCUT2D eigenvalue weighted by Crippen LogP contribution is -2.37. The Bertz CT molecular complexity index is 2040. The van der Waals surface area contributed by atoms with Crippen LogP contribution in [-0.2, 0) is 4.79 Å². The first kappa shape index (κ1) is 38.5. The first-order valence-corrected chi connectivity index (χ1v) is 16.4. The van der Waals surface area contributed by atoms with E-state index in [0.29, 0.717) is 27.8 Å². The highest BCUT2D eigenvalue weighted by atomic mass is 16.5. The normalized spacial score (nSPS) is 17.0. The van der Waals surface area contributed by atoms with Crippen LogP contribution in [0.25, 0.3) is 0 Å². The number of phenols is 2. The minimum absolute atomic E-state index is 0.0391. The summed E-state index contributed by atoms with van der Waals surface area (Å²) >= 11 is 0. The Balaban J connectivity index is 1.66. The zero-order chi connectivity index (χ0) is 38.6. The number of carbonyl (C=O) groups is 4. The summed E-state index contributed by atoms with van der Waals surface area (Å²) in [6, 6.07) is 1.38. The fourth-order valence-corrected chi connectivity index (χ4v) is 6.64. The molecule has 0 amide bonds. The summed E-state index contributed by atoms with van der Waals surface area (Å²) < 4.78 is 17.2. The van der Waals surface area contributed by atoms with E-state index >= 15 is 0 Å². The summed E-state index contributed by atoms with van der Waals surface area (Å²) in [5, 5.41) is 32.0. The van der Waals surface area contributed by atoms with E-state index in [1.165, 1.54) is 19.9 Å². The number of benzene rings is 3. The van der Waals surface area contributed by atoms with Gasteiger partial charge in [0, 0.05) is 5.56 Å². The number of aryl methyl sites for hydroxylation is 1. The van der Waals surface area contributed by atoms with Gasteiger partial charge in [0.25, 0.3) is 0 Å². The Morgan fingerprint density at radius 2 is 1.12 bits per heavy atom. The fourth-order valence-electron chi connectivity index (χ4n) is 6.64. The van der Waals surface area contributed by atoms with Crippen molar-refractivity contribution in [2.75, 3.05) is 0 Å². The van der Waals surface area contributed by atoms with Gasteiger partial charge in [-0.3, -0.25) is 4.79 Å². The van der Waals surface area contributed by atoms with Crippen molar-refractivity contribution in [1.29, 1.82) is 0 Å². The molecule has 0 atom stereocenters. The number of carbonyl (C=O) groups excluding carboxylic acids is 3. The van der Waals surface area contributed by atoms with Gasteiger partial charge in [0.1, 0.15) is 53.1 Å². The average molecular weight is 695 g/mol. The highest BCUT2D eigenvalue weighted by molar-refractivity contribution is 6.37. The van der Waals surface area contributed by atoms with Crippen molar-refractivity contribution >= 4 is 37.2 Å². The monoisotopic (exact) mass is 694 g/mol. The average Bonchev–Trinajstić information content (AvgIpc) is 3.04. The van der Waals surface area contributed by atoms with Crippen LogP contribution in [0.15, 0.2) is 29.4 Å². The van der Waals surface area contributed by atoms with E-state index in [1.54, 1.807) is 48.5 Å². The standard InChI is InChI=1S/C40H43BO10/c1-16-13-18(3)40(12,19(4)14-16)39(48)51-35-25(10)22(7)30(33(43)31(35)41)38(47)49-27-15-17(2)28(32(42)26(27)11)37(46)50-34-23(8)20(5)29(36(44)45)21(6)24(34)9/h13-16,42-43H,1-12H3,(H,44,45). The quantitative estimate of drug-likeness (QED) is 0.102. The van der Waals surface area contributed by atoms with Crippen LogP contribution in [-0.4, -0.2) is 47.0 Å². The maximum absolute atomic E-state index is 13.6. The predicted molar refractivity (Wildman–Crippen MR) is 193 cm³/mol. The van der Waals surface area contributed by atoms with Crippen LogP contribution in [0.4, 0.5) is 0 Å². The van der Waals surface area contributed by atoms with Gasteiger partial charge in [0.2, 0.25) is 0 Å². The number of ether oxygens (including phenoxy) is 3. The largest absolute Gasteiger partial charge is 0.508 e. The molecule has 51 heavy (non-hydrogen) atoms.